The van der Waals surface area contributed by atoms with Gasteiger partial charge in [-0.2, -0.15) is 0 Å². The van der Waals surface area contributed by atoms with E-state index in [0.29, 0.717) is 17.7 Å². The van der Waals surface area contributed by atoms with Crippen LogP contribution in [0.25, 0.3) is 10.8 Å². The number of rotatable bonds is 2. The van der Waals surface area contributed by atoms with E-state index in [1.54, 1.807) is 12.1 Å². The number of benzene rings is 2. The summed E-state index contributed by atoms with van der Waals surface area (Å²) in [5.74, 6) is 6.17. The molecule has 3 heteroatoms. The summed E-state index contributed by atoms with van der Waals surface area (Å²) in [5, 5.41) is 1.58. The van der Waals surface area contributed by atoms with E-state index >= 15 is 0 Å². The molecule has 0 atom stereocenters. The summed E-state index contributed by atoms with van der Waals surface area (Å²) in [6.45, 7) is 0.363. The molecule has 0 saturated heterocycles. The number of carbonyl (C=O) groups is 2. The zero-order valence-electron chi connectivity index (χ0n) is 15.1. The number of imide groups is 1. The van der Waals surface area contributed by atoms with Crippen LogP contribution in [0.5, 0.6) is 0 Å². The molecular weight excluding hydrogens is 346 g/mol. The summed E-state index contributed by atoms with van der Waals surface area (Å²) >= 11 is 0. The first-order chi connectivity index (χ1) is 13.7. The van der Waals surface area contributed by atoms with Gasteiger partial charge in [-0.05, 0) is 23.6 Å². The van der Waals surface area contributed by atoms with Gasteiger partial charge in [0.25, 0.3) is 11.8 Å². The zero-order chi connectivity index (χ0) is 19.1. The Balaban J connectivity index is 1.59. The van der Waals surface area contributed by atoms with Crippen molar-refractivity contribution in [2.75, 3.05) is 6.54 Å². The molecule has 0 unspecified atom stereocenters. The van der Waals surface area contributed by atoms with Gasteiger partial charge >= 0.3 is 0 Å². The summed E-state index contributed by atoms with van der Waals surface area (Å²) in [5.41, 5.74) is 1.98. The third kappa shape index (κ3) is 2.62. The second-order valence-electron chi connectivity index (χ2n) is 7.11. The average Bonchev–Trinajstić information content (AvgIpc) is 3.42. The van der Waals surface area contributed by atoms with E-state index in [9.17, 15) is 9.59 Å². The quantitative estimate of drug-likeness (QED) is 0.590. The summed E-state index contributed by atoms with van der Waals surface area (Å²) in [6, 6.07) is 9.29. The van der Waals surface area contributed by atoms with Crippen molar-refractivity contribution in [3.8, 4) is 11.8 Å². The lowest BCUT2D eigenvalue weighted by Gasteiger charge is -2.28. The van der Waals surface area contributed by atoms with E-state index in [-0.39, 0.29) is 23.7 Å². The van der Waals surface area contributed by atoms with Crippen LogP contribution in [0, 0.1) is 23.7 Å². The number of hydrogen-bond acceptors (Lipinski definition) is 2. The lowest BCUT2D eigenvalue weighted by Crippen LogP contribution is -2.42. The topological polar surface area (TPSA) is 37.4 Å². The van der Waals surface area contributed by atoms with Gasteiger partial charge in [-0.25, -0.2) is 0 Å². The van der Waals surface area contributed by atoms with Gasteiger partial charge in [0.1, 0.15) is 0 Å². The second kappa shape index (κ2) is 6.51. The van der Waals surface area contributed by atoms with Gasteiger partial charge in [-0.3, -0.25) is 14.5 Å². The fraction of sp³-hybridized carbons (Fsp3) is 0.120. The van der Waals surface area contributed by atoms with Crippen molar-refractivity contribution < 1.29 is 9.59 Å². The van der Waals surface area contributed by atoms with Gasteiger partial charge in [-0.15, -0.1) is 0 Å². The summed E-state index contributed by atoms with van der Waals surface area (Å²) in [7, 11) is 0. The first kappa shape index (κ1) is 16.5. The van der Waals surface area contributed by atoms with Gasteiger partial charge in [0.2, 0.25) is 0 Å². The lowest BCUT2D eigenvalue weighted by atomic mass is 9.91. The molecule has 1 aliphatic heterocycles. The van der Waals surface area contributed by atoms with Crippen molar-refractivity contribution in [2.24, 2.45) is 11.8 Å². The maximum atomic E-state index is 13.1. The Hall–Kier alpha value is -3.64. The number of amides is 2. The van der Waals surface area contributed by atoms with Crippen LogP contribution in [0.4, 0.5) is 0 Å². The Morgan fingerprint density at radius 3 is 2.25 bits per heavy atom. The van der Waals surface area contributed by atoms with Crippen molar-refractivity contribution in [1.82, 2.24) is 4.90 Å². The third-order valence-electron chi connectivity index (χ3n) is 5.33. The highest BCUT2D eigenvalue weighted by Crippen LogP contribution is 2.32. The molecule has 2 aliphatic carbocycles. The van der Waals surface area contributed by atoms with Gasteiger partial charge in [0.15, 0.2) is 0 Å². The third-order valence-corrected chi connectivity index (χ3v) is 5.33. The van der Waals surface area contributed by atoms with Crippen molar-refractivity contribution in [3.63, 3.8) is 0 Å². The highest BCUT2D eigenvalue weighted by Gasteiger charge is 2.34. The monoisotopic (exact) mass is 363 g/mol. The van der Waals surface area contributed by atoms with Crippen LogP contribution < -0.4 is 0 Å². The fourth-order valence-corrected chi connectivity index (χ4v) is 3.92. The van der Waals surface area contributed by atoms with Crippen LogP contribution in [-0.4, -0.2) is 23.3 Å². The molecule has 134 valence electrons. The van der Waals surface area contributed by atoms with Crippen LogP contribution in [-0.2, 0) is 0 Å². The lowest BCUT2D eigenvalue weighted by molar-refractivity contribution is 0.0602. The van der Waals surface area contributed by atoms with Crippen LogP contribution >= 0.6 is 0 Å². The Morgan fingerprint density at radius 1 is 0.821 bits per heavy atom. The molecule has 0 aromatic heterocycles. The summed E-state index contributed by atoms with van der Waals surface area (Å²) in [4.78, 5) is 27.5. The van der Waals surface area contributed by atoms with Crippen molar-refractivity contribution in [1.29, 1.82) is 0 Å². The van der Waals surface area contributed by atoms with Crippen LogP contribution in [0.1, 0.15) is 26.3 Å². The first-order valence-electron chi connectivity index (χ1n) is 9.36. The molecule has 0 bridgehead atoms. The predicted molar refractivity (Wildman–Crippen MR) is 110 cm³/mol. The van der Waals surface area contributed by atoms with Gasteiger partial charge in [-0.1, -0.05) is 72.6 Å². The molecular formula is C25H17NO2. The number of allylic oxidation sites excluding steroid dienone is 6. The molecule has 0 spiro atoms. The maximum Gasteiger partial charge on any atom is 0.261 e. The highest BCUT2D eigenvalue weighted by atomic mass is 16.2. The van der Waals surface area contributed by atoms with Crippen molar-refractivity contribution >= 4 is 22.6 Å². The molecule has 3 nitrogen and oxygen atoms in total. The Labute approximate surface area is 163 Å². The second-order valence-corrected chi connectivity index (χ2v) is 7.11. The van der Waals surface area contributed by atoms with Crippen LogP contribution in [0.3, 0.4) is 0 Å². The summed E-state index contributed by atoms with van der Waals surface area (Å²) < 4.78 is 0. The molecule has 0 radical (unpaired) electrons. The highest BCUT2D eigenvalue weighted by molar-refractivity contribution is 6.26. The largest absolute Gasteiger partial charge is 0.273 e. The number of nitrogens with zero attached hydrogens (tertiary/aromatic N) is 1. The first-order valence-corrected chi connectivity index (χ1v) is 9.36. The summed E-state index contributed by atoms with van der Waals surface area (Å²) in [6.07, 6.45) is 15.9. The van der Waals surface area contributed by atoms with E-state index < -0.39 is 0 Å². The molecule has 0 saturated carbocycles. The number of carbonyl (C=O) groups excluding carboxylic acids is 2. The van der Waals surface area contributed by atoms with Gasteiger partial charge in [0, 0.05) is 34.5 Å². The van der Waals surface area contributed by atoms with E-state index in [2.05, 4.69) is 11.8 Å². The maximum absolute atomic E-state index is 13.1. The van der Waals surface area contributed by atoms with Crippen molar-refractivity contribution in [2.45, 2.75) is 0 Å². The smallest absolute Gasteiger partial charge is 0.261 e. The SMILES string of the molecule is O=C1c2cccc3c(C#CC4C=CC=C4)ccc(c23)C(=O)N1CC1C=CC=C1. The minimum Gasteiger partial charge on any atom is -0.273 e. The predicted octanol–water partition coefficient (Wildman–Crippen LogP) is 4.27. The van der Waals surface area contributed by atoms with Crippen LogP contribution in [0.2, 0.25) is 0 Å². The molecule has 2 aromatic carbocycles. The van der Waals surface area contributed by atoms with Gasteiger partial charge < -0.3 is 0 Å². The van der Waals surface area contributed by atoms with E-state index in [4.69, 9.17) is 0 Å². The normalized spacial score (nSPS) is 17.8. The molecule has 0 fully saturated rings. The Bertz CT molecular complexity index is 1150. The van der Waals surface area contributed by atoms with Crippen LogP contribution in [0.15, 0.2) is 78.9 Å². The molecule has 1 heterocycles. The number of hydrogen-bond donors (Lipinski definition) is 0. The molecule has 5 rings (SSSR count). The van der Waals surface area contributed by atoms with E-state index in [1.807, 2.05) is 66.8 Å². The Morgan fingerprint density at radius 2 is 1.50 bits per heavy atom. The minimum absolute atomic E-state index is 0.0753. The minimum atomic E-state index is -0.233. The molecule has 2 amide bonds. The average molecular weight is 363 g/mol. The fourth-order valence-electron chi connectivity index (χ4n) is 3.92. The zero-order valence-corrected chi connectivity index (χ0v) is 15.1. The molecule has 2 aromatic rings. The van der Waals surface area contributed by atoms with E-state index in [1.165, 1.54) is 4.90 Å². The Kier molecular flexibility index (Phi) is 3.84. The molecule has 28 heavy (non-hydrogen) atoms. The molecule has 3 aliphatic rings. The molecule has 0 N–H and O–H groups in total. The van der Waals surface area contributed by atoms with E-state index in [0.717, 1.165) is 16.3 Å². The standard InChI is InChI=1S/C25H17NO2/c27-24-21-11-5-10-20-19(13-12-17-6-1-2-7-17)14-15-22(23(20)21)25(28)26(24)16-18-8-3-4-9-18/h1-11,14-15,17-18H,16H2. The van der Waals surface area contributed by atoms with Gasteiger partial charge in [0.05, 0.1) is 5.92 Å². The van der Waals surface area contributed by atoms with Crippen molar-refractivity contribution in [3.05, 3.63) is 95.6 Å².